The van der Waals surface area contributed by atoms with Crippen LogP contribution in [0.15, 0.2) is 30.6 Å². The summed E-state index contributed by atoms with van der Waals surface area (Å²) in [5, 5.41) is 26.7. The molecule has 0 aliphatic heterocycles. The molecule has 1 amide bonds. The Labute approximate surface area is 120 Å². The minimum atomic E-state index is -0.620. The highest BCUT2D eigenvalue weighted by Gasteiger charge is 2.12. The fourth-order valence-electron chi connectivity index (χ4n) is 1.76. The Morgan fingerprint density at radius 1 is 1.52 bits per heavy atom. The van der Waals surface area contributed by atoms with Crippen LogP contribution >= 0.6 is 0 Å². The third kappa shape index (κ3) is 3.78. The number of aromatic nitrogens is 2. The summed E-state index contributed by atoms with van der Waals surface area (Å²) in [4.78, 5) is 21.7. The maximum atomic E-state index is 11.8. The van der Waals surface area contributed by atoms with Crippen LogP contribution in [-0.2, 0) is 11.3 Å². The number of nitrogens with zero attached hydrogens (tertiary/aromatic N) is 3. The molecule has 1 aromatic heterocycles. The SMILES string of the molecule is Cc1cnn(CCC(=O)Nc2ccc([N+](=O)[O-])cc2O)c1. The van der Waals surface area contributed by atoms with E-state index in [1.165, 1.54) is 12.1 Å². The zero-order valence-electron chi connectivity index (χ0n) is 11.3. The summed E-state index contributed by atoms with van der Waals surface area (Å²) in [5.41, 5.74) is 0.906. The number of anilines is 1. The fraction of sp³-hybridized carbons (Fsp3) is 0.231. The first kappa shape index (κ1) is 14.5. The number of rotatable bonds is 5. The lowest BCUT2D eigenvalue weighted by molar-refractivity contribution is -0.384. The van der Waals surface area contributed by atoms with Crippen LogP contribution in [0.5, 0.6) is 5.75 Å². The molecule has 0 atom stereocenters. The van der Waals surface area contributed by atoms with Crippen LogP contribution in [0, 0.1) is 17.0 Å². The number of hydrogen-bond donors (Lipinski definition) is 2. The molecule has 2 N–H and O–H groups in total. The lowest BCUT2D eigenvalue weighted by Gasteiger charge is -2.07. The highest BCUT2D eigenvalue weighted by atomic mass is 16.6. The van der Waals surface area contributed by atoms with Crippen molar-refractivity contribution in [3.05, 3.63) is 46.3 Å². The first-order valence-electron chi connectivity index (χ1n) is 6.22. The number of carbonyl (C=O) groups excluding carboxylic acids is 1. The summed E-state index contributed by atoms with van der Waals surface area (Å²) in [5.74, 6) is -0.653. The number of benzene rings is 1. The van der Waals surface area contributed by atoms with Crippen LogP contribution in [0.25, 0.3) is 0 Å². The summed E-state index contributed by atoms with van der Waals surface area (Å²) in [6, 6.07) is 3.50. The van der Waals surface area contributed by atoms with Gasteiger partial charge in [0.1, 0.15) is 5.75 Å². The third-order valence-corrected chi connectivity index (χ3v) is 2.80. The Morgan fingerprint density at radius 3 is 2.86 bits per heavy atom. The molecule has 0 unspecified atom stereocenters. The number of aryl methyl sites for hydroxylation is 2. The minimum absolute atomic E-state index is 0.141. The summed E-state index contributed by atoms with van der Waals surface area (Å²) < 4.78 is 1.64. The topological polar surface area (TPSA) is 110 Å². The smallest absolute Gasteiger partial charge is 0.273 e. The average molecular weight is 290 g/mol. The summed E-state index contributed by atoms with van der Waals surface area (Å²) >= 11 is 0. The van der Waals surface area contributed by atoms with E-state index in [0.717, 1.165) is 11.6 Å². The van der Waals surface area contributed by atoms with Crippen LogP contribution in [0.3, 0.4) is 0 Å². The molecule has 0 aliphatic rings. The van der Waals surface area contributed by atoms with E-state index in [9.17, 15) is 20.0 Å². The molecule has 0 saturated heterocycles. The third-order valence-electron chi connectivity index (χ3n) is 2.80. The van der Waals surface area contributed by atoms with Crippen molar-refractivity contribution in [1.29, 1.82) is 0 Å². The molecular formula is C13H14N4O4. The molecule has 0 bridgehead atoms. The number of phenols is 1. The molecule has 0 radical (unpaired) electrons. The molecular weight excluding hydrogens is 276 g/mol. The van der Waals surface area contributed by atoms with Crippen LogP contribution in [0.4, 0.5) is 11.4 Å². The van der Waals surface area contributed by atoms with Crippen molar-refractivity contribution in [2.75, 3.05) is 5.32 Å². The van der Waals surface area contributed by atoms with Crippen molar-refractivity contribution in [2.45, 2.75) is 19.9 Å². The molecule has 1 heterocycles. The molecule has 0 aliphatic carbocycles. The first-order chi connectivity index (χ1) is 9.95. The summed E-state index contributed by atoms with van der Waals surface area (Å²) in [6.45, 7) is 2.31. The number of nitro groups is 1. The van der Waals surface area contributed by atoms with E-state index in [4.69, 9.17) is 0 Å². The van der Waals surface area contributed by atoms with E-state index in [-0.39, 0.29) is 29.5 Å². The average Bonchev–Trinajstić information content (AvgIpc) is 2.84. The van der Waals surface area contributed by atoms with Gasteiger partial charge in [0.25, 0.3) is 5.69 Å². The molecule has 0 spiro atoms. The van der Waals surface area contributed by atoms with Gasteiger partial charge in [0.15, 0.2) is 0 Å². The number of carbonyl (C=O) groups is 1. The van der Waals surface area contributed by atoms with E-state index >= 15 is 0 Å². The van der Waals surface area contributed by atoms with E-state index < -0.39 is 4.92 Å². The van der Waals surface area contributed by atoms with Crippen molar-refractivity contribution in [3.63, 3.8) is 0 Å². The van der Waals surface area contributed by atoms with Gasteiger partial charge in [0.05, 0.1) is 22.9 Å². The predicted molar refractivity (Wildman–Crippen MR) is 75.0 cm³/mol. The van der Waals surface area contributed by atoms with Crippen LogP contribution < -0.4 is 5.32 Å². The summed E-state index contributed by atoms with van der Waals surface area (Å²) in [6.07, 6.45) is 3.69. The second-order valence-corrected chi connectivity index (χ2v) is 4.54. The van der Waals surface area contributed by atoms with E-state index in [0.29, 0.717) is 6.54 Å². The monoisotopic (exact) mass is 290 g/mol. The lowest BCUT2D eigenvalue weighted by Crippen LogP contribution is -2.14. The quantitative estimate of drug-likeness (QED) is 0.496. The normalized spacial score (nSPS) is 10.3. The van der Waals surface area contributed by atoms with Gasteiger partial charge in [-0.2, -0.15) is 5.10 Å². The van der Waals surface area contributed by atoms with Crippen molar-refractivity contribution < 1.29 is 14.8 Å². The van der Waals surface area contributed by atoms with Crippen molar-refractivity contribution >= 4 is 17.3 Å². The Kier molecular flexibility index (Phi) is 4.17. The number of hydrogen-bond acceptors (Lipinski definition) is 5. The maximum Gasteiger partial charge on any atom is 0.273 e. The fourth-order valence-corrected chi connectivity index (χ4v) is 1.76. The van der Waals surface area contributed by atoms with Gasteiger partial charge in [-0.25, -0.2) is 0 Å². The maximum absolute atomic E-state index is 11.8. The van der Waals surface area contributed by atoms with Gasteiger partial charge in [-0.15, -0.1) is 0 Å². The molecule has 8 heteroatoms. The molecule has 0 fully saturated rings. The molecule has 1 aromatic carbocycles. The standard InChI is InChI=1S/C13H14N4O4/c1-9-7-14-16(8-9)5-4-13(19)15-11-3-2-10(17(20)21)6-12(11)18/h2-3,6-8,18H,4-5H2,1H3,(H,15,19). The zero-order valence-corrected chi connectivity index (χ0v) is 11.3. The molecule has 21 heavy (non-hydrogen) atoms. The van der Waals surface area contributed by atoms with E-state index in [2.05, 4.69) is 10.4 Å². The first-order valence-corrected chi connectivity index (χ1v) is 6.22. The van der Waals surface area contributed by atoms with Gasteiger partial charge in [-0.05, 0) is 18.6 Å². The lowest BCUT2D eigenvalue weighted by atomic mass is 10.2. The number of non-ortho nitro benzene ring substituents is 1. The van der Waals surface area contributed by atoms with Crippen molar-refractivity contribution in [1.82, 2.24) is 9.78 Å². The number of nitrogens with one attached hydrogen (secondary N) is 1. The van der Waals surface area contributed by atoms with Gasteiger partial charge in [0.2, 0.25) is 5.91 Å². The van der Waals surface area contributed by atoms with Gasteiger partial charge in [0, 0.05) is 25.2 Å². The minimum Gasteiger partial charge on any atom is -0.506 e. The van der Waals surface area contributed by atoms with Crippen LogP contribution in [0.2, 0.25) is 0 Å². The zero-order chi connectivity index (χ0) is 15.4. The van der Waals surface area contributed by atoms with Gasteiger partial charge in [-0.1, -0.05) is 0 Å². The van der Waals surface area contributed by atoms with E-state index in [1.807, 2.05) is 13.1 Å². The molecule has 2 aromatic rings. The molecule has 110 valence electrons. The Balaban J connectivity index is 1.94. The second kappa shape index (κ2) is 6.04. The van der Waals surface area contributed by atoms with Crippen molar-refractivity contribution in [2.24, 2.45) is 0 Å². The predicted octanol–water partition coefficient (Wildman–Crippen LogP) is 1.83. The van der Waals surface area contributed by atoms with Gasteiger partial charge >= 0.3 is 0 Å². The second-order valence-electron chi connectivity index (χ2n) is 4.54. The van der Waals surface area contributed by atoms with Gasteiger partial charge in [-0.3, -0.25) is 19.6 Å². The number of nitro benzene ring substituents is 1. The van der Waals surface area contributed by atoms with E-state index in [1.54, 1.807) is 10.9 Å². The Bertz CT molecular complexity index is 681. The number of phenolic OH excluding ortho intramolecular Hbond substituents is 1. The Hall–Kier alpha value is -2.90. The summed E-state index contributed by atoms with van der Waals surface area (Å²) in [7, 11) is 0. The highest BCUT2D eigenvalue weighted by molar-refractivity contribution is 5.92. The molecule has 8 nitrogen and oxygen atoms in total. The molecule has 2 rings (SSSR count). The van der Waals surface area contributed by atoms with Crippen LogP contribution in [-0.4, -0.2) is 25.7 Å². The van der Waals surface area contributed by atoms with Gasteiger partial charge < -0.3 is 10.4 Å². The van der Waals surface area contributed by atoms with Crippen molar-refractivity contribution in [3.8, 4) is 5.75 Å². The highest BCUT2D eigenvalue weighted by Crippen LogP contribution is 2.27. The largest absolute Gasteiger partial charge is 0.506 e. The number of amides is 1. The Morgan fingerprint density at radius 2 is 2.29 bits per heavy atom. The molecule has 0 saturated carbocycles. The number of aromatic hydroxyl groups is 1. The van der Waals surface area contributed by atoms with Crippen LogP contribution in [0.1, 0.15) is 12.0 Å².